The molecular weight excluding hydrogens is 639 g/mol. The van der Waals surface area contributed by atoms with E-state index >= 15 is 0 Å². The molecule has 1 aliphatic rings. The number of aliphatic imine (C=N–C) groups is 2. The molecule has 5 nitrogen and oxygen atoms in total. The maximum atomic E-state index is 6.27. The van der Waals surface area contributed by atoms with E-state index < -0.39 is 0 Å². The number of furan rings is 2. The number of para-hydroxylation sites is 2. The summed E-state index contributed by atoms with van der Waals surface area (Å²) in [5, 5.41) is 12.7. The number of benzene rings is 8. The van der Waals surface area contributed by atoms with Gasteiger partial charge in [-0.1, -0.05) is 121 Å². The molecule has 0 aliphatic carbocycles. The first-order chi connectivity index (χ1) is 25.7. The second kappa shape index (κ2) is 11.3. The molecule has 0 radical (unpaired) electrons. The van der Waals surface area contributed by atoms with Crippen molar-refractivity contribution < 1.29 is 8.83 Å². The van der Waals surface area contributed by atoms with Crippen molar-refractivity contribution in [3.63, 3.8) is 0 Å². The summed E-state index contributed by atoms with van der Waals surface area (Å²) in [6, 6.07) is 57.0. The van der Waals surface area contributed by atoms with Crippen LogP contribution in [0.1, 0.15) is 22.9 Å². The zero-order valence-corrected chi connectivity index (χ0v) is 27.9. The van der Waals surface area contributed by atoms with Gasteiger partial charge in [-0.2, -0.15) is 0 Å². The number of rotatable bonds is 4. The largest absolute Gasteiger partial charge is 0.456 e. The Morgan fingerprint density at radius 3 is 1.81 bits per heavy atom. The molecule has 0 saturated heterocycles. The molecule has 0 fully saturated rings. The average molecular weight is 668 g/mol. The van der Waals surface area contributed by atoms with Gasteiger partial charge < -0.3 is 14.2 Å². The number of amidine groups is 2. The van der Waals surface area contributed by atoms with Crippen LogP contribution >= 0.6 is 0 Å². The molecule has 0 spiro atoms. The molecule has 1 atom stereocenters. The van der Waals surface area contributed by atoms with Crippen molar-refractivity contribution in [2.24, 2.45) is 9.98 Å². The van der Waals surface area contributed by atoms with Crippen LogP contribution in [0.2, 0.25) is 0 Å². The third-order valence-electron chi connectivity index (χ3n) is 10.3. The predicted molar refractivity (Wildman–Crippen MR) is 213 cm³/mol. The predicted octanol–water partition coefficient (Wildman–Crippen LogP) is 12.0. The van der Waals surface area contributed by atoms with Crippen LogP contribution in [0.5, 0.6) is 0 Å². The molecule has 0 bridgehead atoms. The lowest BCUT2D eigenvalue weighted by atomic mass is 9.96. The number of hydrogen-bond donors (Lipinski definition) is 1. The highest BCUT2D eigenvalue weighted by Gasteiger charge is 2.25. The molecule has 1 N–H and O–H groups in total. The van der Waals surface area contributed by atoms with Gasteiger partial charge in [0.05, 0.1) is 0 Å². The van der Waals surface area contributed by atoms with Gasteiger partial charge in [0.1, 0.15) is 34.3 Å². The van der Waals surface area contributed by atoms with Gasteiger partial charge in [0.15, 0.2) is 5.84 Å². The van der Waals surface area contributed by atoms with Crippen LogP contribution in [0.15, 0.2) is 183 Å². The number of hydrogen-bond acceptors (Lipinski definition) is 5. The molecule has 244 valence electrons. The van der Waals surface area contributed by atoms with E-state index in [9.17, 15) is 0 Å². The third-order valence-corrected chi connectivity index (χ3v) is 10.3. The Morgan fingerprint density at radius 2 is 1.00 bits per heavy atom. The van der Waals surface area contributed by atoms with E-state index in [1.165, 1.54) is 5.39 Å². The van der Waals surface area contributed by atoms with Crippen LogP contribution in [-0.2, 0) is 0 Å². The molecule has 3 heterocycles. The summed E-state index contributed by atoms with van der Waals surface area (Å²) in [6.45, 7) is 0. The molecule has 5 heteroatoms. The molecule has 0 saturated carbocycles. The second-order valence-electron chi connectivity index (χ2n) is 13.4. The molecule has 10 aromatic rings. The Kier molecular flexibility index (Phi) is 6.25. The average Bonchev–Trinajstić information content (AvgIpc) is 3.79. The SMILES string of the molecule is c1ccc2cc(C3=NC(c4ccc5cc(-c6cccc7oc8ccccc8c67)ccc5c4)=NC(c4cccc5oc6ccccc6c45)N3)ccc2c1. The zero-order valence-electron chi connectivity index (χ0n) is 27.9. The van der Waals surface area contributed by atoms with Crippen molar-refractivity contribution in [3.05, 3.63) is 180 Å². The summed E-state index contributed by atoms with van der Waals surface area (Å²) >= 11 is 0. The molecule has 8 aromatic carbocycles. The van der Waals surface area contributed by atoms with Crippen molar-refractivity contribution in [1.29, 1.82) is 0 Å². The van der Waals surface area contributed by atoms with Gasteiger partial charge in [-0.05, 0) is 75.1 Å². The summed E-state index contributed by atoms with van der Waals surface area (Å²) in [6.07, 6.45) is -0.387. The highest BCUT2D eigenvalue weighted by Crippen LogP contribution is 2.39. The minimum atomic E-state index is -0.387. The van der Waals surface area contributed by atoms with Crippen molar-refractivity contribution >= 4 is 77.1 Å². The van der Waals surface area contributed by atoms with Crippen molar-refractivity contribution in [1.82, 2.24) is 5.32 Å². The highest BCUT2D eigenvalue weighted by atomic mass is 16.3. The lowest BCUT2D eigenvalue weighted by Gasteiger charge is -2.24. The van der Waals surface area contributed by atoms with Crippen molar-refractivity contribution in [2.45, 2.75) is 6.17 Å². The van der Waals surface area contributed by atoms with Gasteiger partial charge in [0.2, 0.25) is 0 Å². The Bertz CT molecular complexity index is 3130. The lowest BCUT2D eigenvalue weighted by Crippen LogP contribution is -2.33. The normalized spacial score (nSPS) is 14.7. The van der Waals surface area contributed by atoms with E-state index in [1.54, 1.807) is 0 Å². The van der Waals surface area contributed by atoms with Crippen molar-refractivity contribution in [2.75, 3.05) is 0 Å². The summed E-state index contributed by atoms with van der Waals surface area (Å²) in [4.78, 5) is 10.5. The molecule has 1 aliphatic heterocycles. The van der Waals surface area contributed by atoms with E-state index in [0.717, 1.165) is 93.7 Å². The summed E-state index contributed by atoms with van der Waals surface area (Å²) in [7, 11) is 0. The van der Waals surface area contributed by atoms with Crippen LogP contribution < -0.4 is 5.32 Å². The van der Waals surface area contributed by atoms with E-state index in [4.69, 9.17) is 18.8 Å². The van der Waals surface area contributed by atoms with Crippen LogP contribution in [0, 0.1) is 0 Å². The van der Waals surface area contributed by atoms with Gasteiger partial charge >= 0.3 is 0 Å². The number of fused-ring (bicyclic) bond motifs is 8. The number of nitrogens with one attached hydrogen (secondary N) is 1. The molecule has 52 heavy (non-hydrogen) atoms. The fraction of sp³-hybridized carbons (Fsp3) is 0.0213. The Balaban J connectivity index is 1.05. The van der Waals surface area contributed by atoms with Crippen molar-refractivity contribution in [3.8, 4) is 11.1 Å². The Morgan fingerprint density at radius 1 is 0.442 bits per heavy atom. The quantitative estimate of drug-likeness (QED) is 0.203. The van der Waals surface area contributed by atoms with Gasteiger partial charge in [-0.25, -0.2) is 9.98 Å². The molecule has 1 unspecified atom stereocenters. The summed E-state index contributed by atoms with van der Waals surface area (Å²) < 4.78 is 12.5. The minimum absolute atomic E-state index is 0.387. The zero-order chi connectivity index (χ0) is 34.2. The molecular formula is C47H29N3O2. The standard InChI is InChI=1S/C47H29N3O2/c1-2-10-29-26-33(23-19-28(29)9-1)45-48-46(50-47(49-45)38-14-8-18-42-44(38)37-12-4-6-16-40(37)52-42)34-24-21-30-25-32(22-20-31(30)27-34)35-13-7-17-41-43(35)36-11-3-5-15-39(36)51-41/h1-27,47H,(H,48,49,50). The fourth-order valence-electron chi connectivity index (χ4n) is 7.82. The Hall–Kier alpha value is -6.98. The van der Waals surface area contributed by atoms with Gasteiger partial charge in [-0.3, -0.25) is 0 Å². The maximum Gasteiger partial charge on any atom is 0.159 e. The summed E-state index contributed by atoms with van der Waals surface area (Å²) in [5.41, 5.74) is 8.80. The fourth-order valence-corrected chi connectivity index (χ4v) is 7.82. The van der Waals surface area contributed by atoms with Crippen LogP contribution in [-0.4, -0.2) is 11.7 Å². The van der Waals surface area contributed by atoms with E-state index in [-0.39, 0.29) is 6.17 Å². The van der Waals surface area contributed by atoms with Gasteiger partial charge in [0, 0.05) is 38.2 Å². The van der Waals surface area contributed by atoms with E-state index in [0.29, 0.717) is 5.84 Å². The smallest absolute Gasteiger partial charge is 0.159 e. The highest BCUT2D eigenvalue weighted by molar-refractivity contribution is 6.16. The van der Waals surface area contributed by atoms with Crippen LogP contribution in [0.3, 0.4) is 0 Å². The summed E-state index contributed by atoms with van der Waals surface area (Å²) in [5.74, 6) is 1.46. The Labute approximate surface area is 298 Å². The first-order valence-electron chi connectivity index (χ1n) is 17.5. The molecule has 11 rings (SSSR count). The van der Waals surface area contributed by atoms with Crippen LogP contribution in [0.25, 0.3) is 76.5 Å². The van der Waals surface area contributed by atoms with E-state index in [1.807, 2.05) is 42.5 Å². The molecule has 0 amide bonds. The first-order valence-corrected chi connectivity index (χ1v) is 17.5. The topological polar surface area (TPSA) is 63.0 Å². The van der Waals surface area contributed by atoms with Gasteiger partial charge in [0.25, 0.3) is 0 Å². The lowest BCUT2D eigenvalue weighted by molar-refractivity contribution is 0.662. The monoisotopic (exact) mass is 667 g/mol. The molecule has 2 aromatic heterocycles. The third kappa shape index (κ3) is 4.56. The van der Waals surface area contributed by atoms with Crippen LogP contribution in [0.4, 0.5) is 0 Å². The number of nitrogens with zero attached hydrogens (tertiary/aromatic N) is 2. The first kappa shape index (κ1) is 28.8. The maximum absolute atomic E-state index is 6.27. The minimum Gasteiger partial charge on any atom is -0.456 e. The van der Waals surface area contributed by atoms with E-state index in [2.05, 4.69) is 127 Å². The van der Waals surface area contributed by atoms with Gasteiger partial charge in [-0.15, -0.1) is 0 Å². The second-order valence-corrected chi connectivity index (χ2v) is 13.4.